The first-order valence-electron chi connectivity index (χ1n) is 3.18. The van der Waals surface area contributed by atoms with Gasteiger partial charge in [0.1, 0.15) is 6.61 Å². The van der Waals surface area contributed by atoms with Gasteiger partial charge in [0.2, 0.25) is 0 Å². The molecule has 0 fully saturated rings. The summed E-state index contributed by atoms with van der Waals surface area (Å²) in [4.78, 5) is 9.77. The summed E-state index contributed by atoms with van der Waals surface area (Å²) in [6, 6.07) is 0. The van der Waals surface area contributed by atoms with Gasteiger partial charge in [-0.15, -0.1) is 11.6 Å². The lowest BCUT2D eigenvalue weighted by Gasteiger charge is -2.21. The average Bonchev–Trinajstić information content (AvgIpc) is 1.80. The number of hydrogen-bond donors (Lipinski definition) is 0. The Balaban J connectivity index is 3.61. The van der Waals surface area contributed by atoms with E-state index in [2.05, 4.69) is 24.4 Å². The number of rotatable bonds is 4. The summed E-state index contributed by atoms with van der Waals surface area (Å²) in [6.07, 6.45) is 0. The number of alkyl halides is 1. The van der Waals surface area contributed by atoms with E-state index in [1.54, 1.807) is 0 Å². The lowest BCUT2D eigenvalue weighted by Crippen LogP contribution is -2.37. The number of carbonyl (C=O) groups is 1. The second-order valence-corrected chi connectivity index (χ2v) is 9.58. The fraction of sp³-hybridized carbons (Fsp3) is 0.833. The van der Waals surface area contributed by atoms with Crippen LogP contribution in [0.1, 0.15) is 0 Å². The standard InChI is InChI=1S/C6H13ClO2Si/c1-10(2,3)6(7)4-9-5-8/h5-6H,4H2,1-3H3. The van der Waals surface area contributed by atoms with Gasteiger partial charge < -0.3 is 4.74 Å². The fourth-order valence-electron chi connectivity index (χ4n) is 0.374. The summed E-state index contributed by atoms with van der Waals surface area (Å²) in [5, 5.41) is 0.0256. The van der Waals surface area contributed by atoms with Crippen molar-refractivity contribution in [2.75, 3.05) is 6.61 Å². The summed E-state index contributed by atoms with van der Waals surface area (Å²) >= 11 is 5.91. The molecule has 1 unspecified atom stereocenters. The van der Waals surface area contributed by atoms with Crippen LogP contribution in [0.3, 0.4) is 0 Å². The molecule has 0 rings (SSSR count). The first kappa shape index (κ1) is 9.98. The van der Waals surface area contributed by atoms with Crippen molar-refractivity contribution in [3.63, 3.8) is 0 Å². The van der Waals surface area contributed by atoms with Crippen molar-refractivity contribution in [2.24, 2.45) is 0 Å². The van der Waals surface area contributed by atoms with Gasteiger partial charge in [0, 0.05) is 0 Å². The zero-order valence-electron chi connectivity index (χ0n) is 6.56. The molecule has 0 spiro atoms. The normalized spacial score (nSPS) is 14.4. The molecular formula is C6H13ClO2Si. The molecule has 60 valence electrons. The third-order valence-electron chi connectivity index (χ3n) is 1.25. The Labute approximate surface area is 67.5 Å². The molecule has 0 aromatic heterocycles. The molecule has 0 aromatic rings. The first-order valence-corrected chi connectivity index (χ1v) is 7.19. The SMILES string of the molecule is C[Si](C)(C)C(Cl)COC=O. The van der Waals surface area contributed by atoms with Gasteiger partial charge in [-0.3, -0.25) is 4.79 Å². The van der Waals surface area contributed by atoms with E-state index in [0.717, 1.165) is 0 Å². The molecule has 4 heteroatoms. The predicted octanol–water partition coefficient (Wildman–Crippen LogP) is 1.64. The molecule has 0 saturated heterocycles. The maximum Gasteiger partial charge on any atom is 0.293 e. The second-order valence-electron chi connectivity index (χ2n) is 3.26. The van der Waals surface area contributed by atoms with Gasteiger partial charge in [-0.25, -0.2) is 0 Å². The third kappa shape index (κ3) is 3.90. The van der Waals surface area contributed by atoms with Crippen LogP contribution in [-0.2, 0) is 9.53 Å². The molecule has 0 N–H and O–H groups in total. The van der Waals surface area contributed by atoms with Gasteiger partial charge in [0.25, 0.3) is 6.47 Å². The average molecular weight is 181 g/mol. The lowest BCUT2D eigenvalue weighted by atomic mass is 10.8. The van der Waals surface area contributed by atoms with E-state index in [9.17, 15) is 4.79 Å². The van der Waals surface area contributed by atoms with E-state index in [1.807, 2.05) is 0 Å². The summed E-state index contributed by atoms with van der Waals surface area (Å²) in [5.74, 6) is 0. The largest absolute Gasteiger partial charge is 0.467 e. The van der Waals surface area contributed by atoms with E-state index >= 15 is 0 Å². The molecule has 1 atom stereocenters. The van der Waals surface area contributed by atoms with Crippen molar-refractivity contribution in [2.45, 2.75) is 24.6 Å². The molecule has 0 aliphatic carbocycles. The summed E-state index contributed by atoms with van der Waals surface area (Å²) in [6.45, 7) is 7.20. The molecule has 0 bridgehead atoms. The van der Waals surface area contributed by atoms with E-state index in [-0.39, 0.29) is 5.00 Å². The zero-order chi connectivity index (χ0) is 8.20. The smallest absolute Gasteiger partial charge is 0.293 e. The Morgan fingerprint density at radius 2 is 2.10 bits per heavy atom. The van der Waals surface area contributed by atoms with Crippen LogP contribution in [0.15, 0.2) is 0 Å². The maximum absolute atomic E-state index is 9.77. The summed E-state index contributed by atoms with van der Waals surface area (Å²) in [5.41, 5.74) is 0. The quantitative estimate of drug-likeness (QED) is 0.374. The molecule has 10 heavy (non-hydrogen) atoms. The molecule has 0 saturated carbocycles. The molecule has 0 heterocycles. The number of hydrogen-bond acceptors (Lipinski definition) is 2. The van der Waals surface area contributed by atoms with Crippen LogP contribution in [0, 0.1) is 0 Å². The van der Waals surface area contributed by atoms with Gasteiger partial charge in [0.15, 0.2) is 0 Å². The molecule has 0 aliphatic rings. The van der Waals surface area contributed by atoms with Crippen molar-refractivity contribution >= 4 is 26.1 Å². The zero-order valence-corrected chi connectivity index (χ0v) is 8.31. The van der Waals surface area contributed by atoms with Crippen LogP contribution in [0.5, 0.6) is 0 Å². The van der Waals surface area contributed by atoms with Gasteiger partial charge in [-0.05, 0) is 0 Å². The Morgan fingerprint density at radius 3 is 2.40 bits per heavy atom. The Morgan fingerprint density at radius 1 is 1.60 bits per heavy atom. The minimum atomic E-state index is -1.32. The molecule has 2 nitrogen and oxygen atoms in total. The highest BCUT2D eigenvalue weighted by molar-refractivity contribution is 6.83. The van der Waals surface area contributed by atoms with E-state index in [4.69, 9.17) is 11.6 Å². The van der Waals surface area contributed by atoms with Crippen LogP contribution in [0.25, 0.3) is 0 Å². The summed E-state index contributed by atoms with van der Waals surface area (Å²) < 4.78 is 4.54. The molecule has 0 aromatic carbocycles. The minimum absolute atomic E-state index is 0.0256. The van der Waals surface area contributed by atoms with Crippen LogP contribution in [0.2, 0.25) is 19.6 Å². The van der Waals surface area contributed by atoms with Crippen molar-refractivity contribution < 1.29 is 9.53 Å². The third-order valence-corrected chi connectivity index (χ3v) is 5.39. The molecule has 0 amide bonds. The van der Waals surface area contributed by atoms with E-state index in [0.29, 0.717) is 13.1 Å². The van der Waals surface area contributed by atoms with Crippen LogP contribution < -0.4 is 0 Å². The first-order chi connectivity index (χ1) is 4.48. The molecule has 0 radical (unpaired) electrons. The number of halogens is 1. The fourth-order valence-corrected chi connectivity index (χ4v) is 1.04. The van der Waals surface area contributed by atoms with Crippen molar-refractivity contribution in [1.82, 2.24) is 0 Å². The van der Waals surface area contributed by atoms with Crippen LogP contribution in [-0.4, -0.2) is 26.2 Å². The Bertz CT molecular complexity index is 111. The van der Waals surface area contributed by atoms with E-state index in [1.165, 1.54) is 0 Å². The van der Waals surface area contributed by atoms with Crippen molar-refractivity contribution in [3.8, 4) is 0 Å². The Hall–Kier alpha value is -0.0231. The molecule has 0 aliphatic heterocycles. The second kappa shape index (κ2) is 3.98. The monoisotopic (exact) mass is 180 g/mol. The number of carbonyl (C=O) groups excluding carboxylic acids is 1. The Kier molecular flexibility index (Phi) is 3.97. The van der Waals surface area contributed by atoms with Crippen molar-refractivity contribution in [1.29, 1.82) is 0 Å². The topological polar surface area (TPSA) is 26.3 Å². The predicted molar refractivity (Wildman–Crippen MR) is 45.0 cm³/mol. The highest BCUT2D eigenvalue weighted by atomic mass is 35.5. The van der Waals surface area contributed by atoms with Gasteiger partial charge in [-0.2, -0.15) is 0 Å². The summed E-state index contributed by atoms with van der Waals surface area (Å²) in [7, 11) is -1.32. The maximum atomic E-state index is 9.77. The highest BCUT2D eigenvalue weighted by Crippen LogP contribution is 2.13. The highest BCUT2D eigenvalue weighted by Gasteiger charge is 2.24. The van der Waals surface area contributed by atoms with Gasteiger partial charge in [-0.1, -0.05) is 19.6 Å². The minimum Gasteiger partial charge on any atom is -0.467 e. The van der Waals surface area contributed by atoms with Crippen LogP contribution in [0.4, 0.5) is 0 Å². The lowest BCUT2D eigenvalue weighted by molar-refractivity contribution is -0.128. The van der Waals surface area contributed by atoms with Crippen LogP contribution >= 0.6 is 11.6 Å². The van der Waals surface area contributed by atoms with Crippen molar-refractivity contribution in [3.05, 3.63) is 0 Å². The van der Waals surface area contributed by atoms with E-state index < -0.39 is 8.07 Å². The molecular weight excluding hydrogens is 168 g/mol. The van der Waals surface area contributed by atoms with Gasteiger partial charge in [0.05, 0.1) is 13.1 Å². The number of ether oxygens (including phenoxy) is 1. The van der Waals surface area contributed by atoms with Gasteiger partial charge >= 0.3 is 0 Å².